The average molecular weight is 193 g/mol. The highest BCUT2D eigenvalue weighted by atomic mass is 16.1. The van der Waals surface area contributed by atoms with Crippen molar-refractivity contribution in [3.63, 3.8) is 0 Å². The largest absolute Gasteiger partial charge is 0.351 e. The van der Waals surface area contributed by atoms with Crippen molar-refractivity contribution in [1.82, 2.24) is 4.57 Å². The summed E-state index contributed by atoms with van der Waals surface area (Å²) >= 11 is 0. The number of Topliss-reactive ketones (excluding diaryl/α,β-unsaturated/α-hetero) is 2. The van der Waals surface area contributed by atoms with E-state index in [-0.39, 0.29) is 11.6 Å². The topological polar surface area (TPSA) is 39.1 Å². The number of hydrogen-bond donors (Lipinski definition) is 0. The fourth-order valence-electron chi connectivity index (χ4n) is 1.81. The summed E-state index contributed by atoms with van der Waals surface area (Å²) in [5.74, 6) is -0.0900. The predicted molar refractivity (Wildman–Crippen MR) is 54.9 cm³/mol. The van der Waals surface area contributed by atoms with Crippen LogP contribution in [0.4, 0.5) is 0 Å². The first-order chi connectivity index (χ1) is 6.37. The van der Waals surface area contributed by atoms with Crippen LogP contribution in [0.25, 0.3) is 0 Å². The van der Waals surface area contributed by atoms with Crippen molar-refractivity contribution < 1.29 is 9.59 Å². The van der Waals surface area contributed by atoms with E-state index in [4.69, 9.17) is 0 Å². The molecule has 1 heterocycles. The second-order valence-corrected chi connectivity index (χ2v) is 3.59. The molecule has 3 nitrogen and oxygen atoms in total. The molecule has 0 aliphatic heterocycles. The molecule has 1 rings (SSSR count). The molecule has 0 aliphatic rings. The highest BCUT2D eigenvalue weighted by Crippen LogP contribution is 2.22. The second kappa shape index (κ2) is 3.40. The van der Waals surface area contributed by atoms with Gasteiger partial charge in [-0.25, -0.2) is 0 Å². The van der Waals surface area contributed by atoms with Crippen LogP contribution in [0.15, 0.2) is 0 Å². The van der Waals surface area contributed by atoms with Gasteiger partial charge in [-0.15, -0.1) is 0 Å². The summed E-state index contributed by atoms with van der Waals surface area (Å²) in [5, 5.41) is 0. The van der Waals surface area contributed by atoms with E-state index in [0.29, 0.717) is 11.1 Å². The van der Waals surface area contributed by atoms with Crippen LogP contribution < -0.4 is 0 Å². The Morgan fingerprint density at radius 3 is 1.43 bits per heavy atom. The molecule has 0 radical (unpaired) electrons. The van der Waals surface area contributed by atoms with Crippen LogP contribution in [-0.4, -0.2) is 16.1 Å². The van der Waals surface area contributed by atoms with Crippen molar-refractivity contribution in [2.75, 3.05) is 0 Å². The summed E-state index contributed by atoms with van der Waals surface area (Å²) in [5.41, 5.74) is 2.86. The maximum Gasteiger partial charge on any atom is 0.162 e. The molecule has 76 valence electrons. The van der Waals surface area contributed by atoms with Crippen molar-refractivity contribution in [3.05, 3.63) is 22.5 Å². The third-order valence-electron chi connectivity index (χ3n) is 2.68. The van der Waals surface area contributed by atoms with Gasteiger partial charge in [0.25, 0.3) is 0 Å². The lowest BCUT2D eigenvalue weighted by Crippen LogP contribution is -2.02. The van der Waals surface area contributed by atoms with Crippen molar-refractivity contribution in [2.45, 2.75) is 27.7 Å². The molecule has 0 aliphatic carbocycles. The van der Waals surface area contributed by atoms with Crippen LogP contribution in [0.2, 0.25) is 0 Å². The summed E-state index contributed by atoms with van der Waals surface area (Å²) in [6, 6.07) is 0. The van der Waals surface area contributed by atoms with E-state index in [1.54, 1.807) is 0 Å². The van der Waals surface area contributed by atoms with E-state index in [1.165, 1.54) is 13.8 Å². The Balaban J connectivity index is 3.62. The summed E-state index contributed by atoms with van der Waals surface area (Å²) in [6.07, 6.45) is 0. The molecule has 0 fully saturated rings. The normalized spacial score (nSPS) is 10.4. The molecule has 0 unspecified atom stereocenters. The number of carbonyl (C=O) groups excluding carboxylic acids is 2. The van der Waals surface area contributed by atoms with Crippen molar-refractivity contribution in [1.29, 1.82) is 0 Å². The Bertz CT molecular complexity index is 376. The highest BCUT2D eigenvalue weighted by molar-refractivity contribution is 6.09. The summed E-state index contributed by atoms with van der Waals surface area (Å²) < 4.78 is 1.88. The van der Waals surface area contributed by atoms with Gasteiger partial charge >= 0.3 is 0 Å². The molecule has 1 aromatic heterocycles. The minimum Gasteiger partial charge on any atom is -0.351 e. The molecule has 0 amide bonds. The Labute approximate surface area is 83.7 Å². The quantitative estimate of drug-likeness (QED) is 0.674. The molecule has 0 bridgehead atoms. The number of aromatic nitrogens is 1. The Kier molecular flexibility index (Phi) is 2.60. The molecule has 1 aromatic rings. The van der Waals surface area contributed by atoms with Gasteiger partial charge in [-0.1, -0.05) is 0 Å². The van der Waals surface area contributed by atoms with Gasteiger partial charge in [-0.2, -0.15) is 0 Å². The average Bonchev–Trinajstić information content (AvgIpc) is 2.29. The number of nitrogens with zero attached hydrogens (tertiary/aromatic N) is 1. The first kappa shape index (κ1) is 10.7. The molecule has 0 aromatic carbocycles. The van der Waals surface area contributed by atoms with Gasteiger partial charge in [0.15, 0.2) is 11.6 Å². The third kappa shape index (κ3) is 1.39. The molecule has 3 heteroatoms. The molecular weight excluding hydrogens is 178 g/mol. The first-order valence-electron chi connectivity index (χ1n) is 4.55. The van der Waals surface area contributed by atoms with Gasteiger partial charge in [-0.05, 0) is 27.7 Å². The number of rotatable bonds is 2. The molecule has 0 atom stereocenters. The SMILES string of the molecule is CC(=O)c1c(C(C)=O)c(C)n(C)c1C. The molecule has 0 spiro atoms. The fourth-order valence-corrected chi connectivity index (χ4v) is 1.81. The van der Waals surface area contributed by atoms with E-state index in [2.05, 4.69) is 0 Å². The van der Waals surface area contributed by atoms with Gasteiger partial charge in [0, 0.05) is 29.6 Å². The lowest BCUT2D eigenvalue weighted by atomic mass is 10.0. The zero-order chi connectivity index (χ0) is 11.0. The summed E-state index contributed by atoms with van der Waals surface area (Å²) in [7, 11) is 1.86. The molecule has 0 saturated heterocycles. The van der Waals surface area contributed by atoms with Gasteiger partial charge in [0.05, 0.1) is 0 Å². The standard InChI is InChI=1S/C11H15NO2/c1-6-10(8(3)13)11(9(4)14)7(2)12(6)5/h1-5H3. The Hall–Kier alpha value is -1.38. The predicted octanol–water partition coefficient (Wildman–Crippen LogP) is 2.05. The van der Waals surface area contributed by atoms with Gasteiger partial charge in [0.1, 0.15) is 0 Å². The maximum absolute atomic E-state index is 11.4. The summed E-state index contributed by atoms with van der Waals surface area (Å²) in [6.45, 7) is 6.70. The molecule has 14 heavy (non-hydrogen) atoms. The van der Waals surface area contributed by atoms with Gasteiger partial charge in [-0.3, -0.25) is 9.59 Å². The highest BCUT2D eigenvalue weighted by Gasteiger charge is 2.21. The van der Waals surface area contributed by atoms with Crippen LogP contribution in [0.5, 0.6) is 0 Å². The van der Waals surface area contributed by atoms with Crippen LogP contribution in [0, 0.1) is 13.8 Å². The van der Waals surface area contributed by atoms with Gasteiger partial charge in [0.2, 0.25) is 0 Å². The van der Waals surface area contributed by atoms with E-state index >= 15 is 0 Å². The molecular formula is C11H15NO2. The first-order valence-corrected chi connectivity index (χ1v) is 4.55. The Morgan fingerprint density at radius 1 is 0.929 bits per heavy atom. The summed E-state index contributed by atoms with van der Waals surface area (Å²) in [4.78, 5) is 22.8. The van der Waals surface area contributed by atoms with Crippen LogP contribution in [0.3, 0.4) is 0 Å². The van der Waals surface area contributed by atoms with E-state index in [1.807, 2.05) is 25.5 Å². The van der Waals surface area contributed by atoms with Crippen molar-refractivity contribution in [2.24, 2.45) is 7.05 Å². The van der Waals surface area contributed by atoms with E-state index < -0.39 is 0 Å². The monoisotopic (exact) mass is 193 g/mol. The van der Waals surface area contributed by atoms with E-state index in [9.17, 15) is 9.59 Å². The van der Waals surface area contributed by atoms with Crippen molar-refractivity contribution >= 4 is 11.6 Å². The minimum atomic E-state index is -0.0450. The lowest BCUT2D eigenvalue weighted by Gasteiger charge is -1.98. The lowest BCUT2D eigenvalue weighted by molar-refractivity contribution is 0.0981. The Morgan fingerprint density at radius 2 is 1.21 bits per heavy atom. The zero-order valence-corrected chi connectivity index (χ0v) is 9.26. The molecule has 0 saturated carbocycles. The minimum absolute atomic E-state index is 0.0450. The second-order valence-electron chi connectivity index (χ2n) is 3.59. The fraction of sp³-hybridized carbons (Fsp3) is 0.455. The van der Waals surface area contributed by atoms with Crippen LogP contribution in [0.1, 0.15) is 46.0 Å². The third-order valence-corrected chi connectivity index (χ3v) is 2.68. The number of carbonyl (C=O) groups is 2. The van der Waals surface area contributed by atoms with E-state index in [0.717, 1.165) is 11.4 Å². The molecule has 0 N–H and O–H groups in total. The van der Waals surface area contributed by atoms with Crippen molar-refractivity contribution in [3.8, 4) is 0 Å². The smallest absolute Gasteiger partial charge is 0.162 e. The van der Waals surface area contributed by atoms with Crippen LogP contribution >= 0.6 is 0 Å². The van der Waals surface area contributed by atoms with Gasteiger partial charge < -0.3 is 4.57 Å². The maximum atomic E-state index is 11.4. The number of hydrogen-bond acceptors (Lipinski definition) is 2. The number of ketones is 2. The van der Waals surface area contributed by atoms with Crippen LogP contribution in [-0.2, 0) is 7.05 Å². The zero-order valence-electron chi connectivity index (χ0n) is 9.26.